The Morgan fingerprint density at radius 1 is 1.21 bits per heavy atom. The van der Waals surface area contributed by atoms with Crippen LogP contribution in [0.4, 0.5) is 8.78 Å². The third kappa shape index (κ3) is 2.90. The molecule has 104 valence electrons. The van der Waals surface area contributed by atoms with Gasteiger partial charge in [0.15, 0.2) is 6.10 Å². The molecule has 19 heavy (non-hydrogen) atoms. The van der Waals surface area contributed by atoms with Crippen LogP contribution in [-0.4, -0.2) is 54.0 Å². The Bertz CT molecular complexity index is 453. The molecule has 0 bridgehead atoms. The highest BCUT2D eigenvalue weighted by Crippen LogP contribution is 2.22. The van der Waals surface area contributed by atoms with Crippen molar-refractivity contribution < 1.29 is 18.7 Å². The van der Waals surface area contributed by atoms with Gasteiger partial charge in [0, 0.05) is 26.2 Å². The van der Waals surface area contributed by atoms with Crippen molar-refractivity contribution in [2.45, 2.75) is 6.10 Å². The zero-order chi connectivity index (χ0) is 14.0. The fourth-order valence-corrected chi connectivity index (χ4v) is 2.10. The molecular formula is C13H16F2N2O2. The predicted octanol–water partition coefficient (Wildman–Crippen LogP) is 0.772. The Balaban J connectivity index is 2.15. The van der Waals surface area contributed by atoms with Crippen LogP contribution in [0.5, 0.6) is 0 Å². The van der Waals surface area contributed by atoms with Crippen LogP contribution in [-0.2, 0) is 4.79 Å². The molecule has 0 spiro atoms. The minimum atomic E-state index is -1.79. The maximum absolute atomic E-state index is 13.5. The largest absolute Gasteiger partial charge is 0.378 e. The van der Waals surface area contributed by atoms with Crippen LogP contribution in [0.1, 0.15) is 11.7 Å². The van der Waals surface area contributed by atoms with Gasteiger partial charge in [-0.25, -0.2) is 8.78 Å². The van der Waals surface area contributed by atoms with Gasteiger partial charge in [-0.15, -0.1) is 0 Å². The zero-order valence-corrected chi connectivity index (χ0v) is 10.6. The molecule has 1 unspecified atom stereocenters. The lowest BCUT2D eigenvalue weighted by Crippen LogP contribution is -2.48. The third-order valence-corrected chi connectivity index (χ3v) is 3.32. The minimum Gasteiger partial charge on any atom is -0.378 e. The maximum atomic E-state index is 13.5. The number of aliphatic hydroxyl groups is 1. The molecule has 0 radical (unpaired) electrons. The van der Waals surface area contributed by atoms with Gasteiger partial charge in [-0.3, -0.25) is 4.79 Å². The summed E-state index contributed by atoms with van der Waals surface area (Å²) in [5.74, 6) is -2.47. The highest BCUT2D eigenvalue weighted by atomic mass is 19.1. The van der Waals surface area contributed by atoms with Gasteiger partial charge in [0.05, 0.1) is 5.56 Å². The van der Waals surface area contributed by atoms with Crippen LogP contribution in [0, 0.1) is 11.6 Å². The molecule has 1 amide bonds. The SMILES string of the molecule is CN1CCN(C(=O)C(O)c2c(F)cccc2F)CC1. The van der Waals surface area contributed by atoms with Crippen molar-refractivity contribution in [1.82, 2.24) is 9.80 Å². The van der Waals surface area contributed by atoms with Gasteiger partial charge in [-0.05, 0) is 19.2 Å². The first kappa shape index (κ1) is 13.9. The Morgan fingerprint density at radius 2 is 1.74 bits per heavy atom. The summed E-state index contributed by atoms with van der Waals surface area (Å²) in [5, 5.41) is 9.88. The van der Waals surface area contributed by atoms with Crippen LogP contribution in [0.25, 0.3) is 0 Å². The minimum absolute atomic E-state index is 0.447. The summed E-state index contributed by atoms with van der Waals surface area (Å²) in [6, 6.07) is 3.25. The number of piperazine rings is 1. The topological polar surface area (TPSA) is 43.8 Å². The normalized spacial score (nSPS) is 18.4. The van der Waals surface area contributed by atoms with E-state index >= 15 is 0 Å². The first-order valence-electron chi connectivity index (χ1n) is 6.10. The second-order valence-electron chi connectivity index (χ2n) is 4.67. The zero-order valence-electron chi connectivity index (χ0n) is 10.6. The molecule has 1 saturated heterocycles. The molecule has 1 heterocycles. The summed E-state index contributed by atoms with van der Waals surface area (Å²) >= 11 is 0. The number of amides is 1. The van der Waals surface area contributed by atoms with Gasteiger partial charge in [-0.2, -0.15) is 0 Å². The van der Waals surface area contributed by atoms with Crippen molar-refractivity contribution in [1.29, 1.82) is 0 Å². The van der Waals surface area contributed by atoms with Crippen LogP contribution in [0.3, 0.4) is 0 Å². The number of halogens is 2. The molecule has 1 aromatic rings. The Labute approximate surface area is 110 Å². The van der Waals surface area contributed by atoms with Gasteiger partial charge in [0.1, 0.15) is 11.6 Å². The number of hydrogen-bond acceptors (Lipinski definition) is 3. The van der Waals surface area contributed by atoms with Crippen molar-refractivity contribution in [2.24, 2.45) is 0 Å². The van der Waals surface area contributed by atoms with Gasteiger partial charge in [-0.1, -0.05) is 6.07 Å². The van der Waals surface area contributed by atoms with E-state index in [0.29, 0.717) is 26.2 Å². The van der Waals surface area contributed by atoms with E-state index in [1.807, 2.05) is 11.9 Å². The molecular weight excluding hydrogens is 254 g/mol. The van der Waals surface area contributed by atoms with E-state index in [2.05, 4.69) is 0 Å². The van der Waals surface area contributed by atoms with Gasteiger partial charge in [0.2, 0.25) is 0 Å². The number of carbonyl (C=O) groups is 1. The fraction of sp³-hybridized carbons (Fsp3) is 0.462. The number of rotatable bonds is 2. The van der Waals surface area contributed by atoms with Crippen LogP contribution < -0.4 is 0 Å². The number of aliphatic hydroxyl groups excluding tert-OH is 1. The summed E-state index contributed by atoms with van der Waals surface area (Å²) in [4.78, 5) is 15.5. The molecule has 1 atom stereocenters. The lowest BCUT2D eigenvalue weighted by Gasteiger charge is -2.33. The van der Waals surface area contributed by atoms with E-state index < -0.39 is 29.2 Å². The van der Waals surface area contributed by atoms with Gasteiger partial charge < -0.3 is 14.9 Å². The van der Waals surface area contributed by atoms with Crippen molar-refractivity contribution in [2.75, 3.05) is 33.2 Å². The van der Waals surface area contributed by atoms with Crippen LogP contribution in [0.15, 0.2) is 18.2 Å². The number of benzene rings is 1. The predicted molar refractivity (Wildman–Crippen MR) is 65.4 cm³/mol. The maximum Gasteiger partial charge on any atom is 0.256 e. The first-order chi connectivity index (χ1) is 9.00. The molecule has 0 aliphatic carbocycles. The summed E-state index contributed by atoms with van der Waals surface area (Å²) in [7, 11) is 1.93. The highest BCUT2D eigenvalue weighted by Gasteiger charge is 2.30. The number of likely N-dealkylation sites (N-methyl/N-ethyl adjacent to an activating group) is 1. The molecule has 6 heteroatoms. The van der Waals surface area contributed by atoms with Crippen LogP contribution in [0.2, 0.25) is 0 Å². The molecule has 1 N–H and O–H groups in total. The monoisotopic (exact) mass is 270 g/mol. The molecule has 2 rings (SSSR count). The van der Waals surface area contributed by atoms with Crippen molar-refractivity contribution in [3.8, 4) is 0 Å². The Morgan fingerprint density at radius 3 is 2.26 bits per heavy atom. The van der Waals surface area contributed by atoms with E-state index in [1.165, 1.54) is 11.0 Å². The second kappa shape index (κ2) is 5.63. The first-order valence-corrected chi connectivity index (χ1v) is 6.10. The van der Waals surface area contributed by atoms with E-state index in [0.717, 1.165) is 12.1 Å². The van der Waals surface area contributed by atoms with E-state index in [9.17, 15) is 18.7 Å². The van der Waals surface area contributed by atoms with Crippen LogP contribution >= 0.6 is 0 Å². The number of nitrogens with zero attached hydrogens (tertiary/aromatic N) is 2. The number of hydrogen-bond donors (Lipinski definition) is 1. The van der Waals surface area contributed by atoms with Crippen molar-refractivity contribution in [3.63, 3.8) is 0 Å². The van der Waals surface area contributed by atoms with Crippen molar-refractivity contribution >= 4 is 5.91 Å². The van der Waals surface area contributed by atoms with Crippen molar-refractivity contribution in [3.05, 3.63) is 35.4 Å². The molecule has 1 aliphatic heterocycles. The molecule has 4 nitrogen and oxygen atoms in total. The number of carbonyl (C=O) groups excluding carboxylic acids is 1. The van der Waals surface area contributed by atoms with Gasteiger partial charge >= 0.3 is 0 Å². The van der Waals surface area contributed by atoms with Gasteiger partial charge in [0.25, 0.3) is 5.91 Å². The molecule has 0 aromatic heterocycles. The highest BCUT2D eigenvalue weighted by molar-refractivity contribution is 5.82. The quantitative estimate of drug-likeness (QED) is 0.863. The summed E-state index contributed by atoms with van der Waals surface area (Å²) in [6.45, 7) is 2.25. The smallest absolute Gasteiger partial charge is 0.256 e. The summed E-state index contributed by atoms with van der Waals surface area (Å²) < 4.78 is 27.0. The van der Waals surface area contributed by atoms with E-state index in [1.54, 1.807) is 0 Å². The fourth-order valence-electron chi connectivity index (χ4n) is 2.10. The van der Waals surface area contributed by atoms with E-state index in [4.69, 9.17) is 0 Å². The summed E-state index contributed by atoms with van der Waals surface area (Å²) in [5.41, 5.74) is -0.577. The Kier molecular flexibility index (Phi) is 4.11. The van der Waals surface area contributed by atoms with E-state index in [-0.39, 0.29) is 0 Å². The Hall–Kier alpha value is -1.53. The summed E-state index contributed by atoms with van der Waals surface area (Å²) in [6.07, 6.45) is -1.79. The molecule has 0 saturated carbocycles. The average molecular weight is 270 g/mol. The molecule has 1 fully saturated rings. The second-order valence-corrected chi connectivity index (χ2v) is 4.67. The lowest BCUT2D eigenvalue weighted by molar-refractivity contribution is -0.142. The standard InChI is InChI=1S/C13H16F2N2O2/c1-16-5-7-17(8-6-16)13(19)12(18)11-9(14)3-2-4-10(11)15/h2-4,12,18H,5-8H2,1H3. The average Bonchev–Trinajstić information content (AvgIpc) is 2.38. The molecule has 1 aliphatic rings. The lowest BCUT2D eigenvalue weighted by atomic mass is 10.1. The molecule has 1 aromatic carbocycles. The third-order valence-electron chi connectivity index (χ3n) is 3.32.